The van der Waals surface area contributed by atoms with Gasteiger partial charge in [0.25, 0.3) is 0 Å². The fraction of sp³-hybridized carbons (Fsp3) is 0.235. The van der Waals surface area contributed by atoms with Crippen molar-refractivity contribution in [2.24, 2.45) is 0 Å². The maximum Gasteiger partial charge on any atom is 0.335 e. The number of carbonyl (C=O) groups is 1. The molecule has 6 nitrogen and oxygen atoms in total. The second-order valence-electron chi connectivity index (χ2n) is 5.77. The summed E-state index contributed by atoms with van der Waals surface area (Å²) in [7, 11) is 1.06. The van der Waals surface area contributed by atoms with Gasteiger partial charge in [0.1, 0.15) is 10.7 Å². The van der Waals surface area contributed by atoms with Crippen LogP contribution in [-0.4, -0.2) is 44.9 Å². The molecule has 0 radical (unpaired) electrons. The Balaban J connectivity index is 2.25. The zero-order valence-corrected chi connectivity index (χ0v) is 14.9. The van der Waals surface area contributed by atoms with Gasteiger partial charge in [0.15, 0.2) is 0 Å². The normalized spacial score (nSPS) is 11.6. The number of sulfonamides is 1. The van der Waals surface area contributed by atoms with E-state index in [1.54, 1.807) is 12.1 Å². The largest absolute Gasteiger partial charge is 0.478 e. The van der Waals surface area contributed by atoms with Gasteiger partial charge in [0, 0.05) is 33.4 Å². The Kier molecular flexibility index (Phi) is 5.44. The van der Waals surface area contributed by atoms with Gasteiger partial charge in [0.2, 0.25) is 10.0 Å². The summed E-state index contributed by atoms with van der Waals surface area (Å²) in [6.45, 7) is 0.0656. The van der Waals surface area contributed by atoms with Crippen molar-refractivity contribution in [3.05, 3.63) is 59.4 Å². The number of carboxylic acid groups (broad SMARTS) is 1. The molecule has 25 heavy (non-hydrogen) atoms. The van der Waals surface area contributed by atoms with Crippen molar-refractivity contribution in [3.8, 4) is 0 Å². The lowest BCUT2D eigenvalue weighted by Gasteiger charge is -2.19. The van der Waals surface area contributed by atoms with Gasteiger partial charge in [-0.05, 0) is 35.9 Å². The van der Waals surface area contributed by atoms with Crippen molar-refractivity contribution in [2.45, 2.75) is 11.4 Å². The third kappa shape index (κ3) is 4.15. The lowest BCUT2D eigenvalue weighted by molar-refractivity contribution is 0.0696. The highest BCUT2D eigenvalue weighted by molar-refractivity contribution is 7.89. The molecule has 2 aromatic rings. The summed E-state index contributed by atoms with van der Waals surface area (Å²) in [5.74, 6) is -2.41. The van der Waals surface area contributed by atoms with Crippen LogP contribution in [0.2, 0.25) is 0 Å². The second-order valence-corrected chi connectivity index (χ2v) is 7.79. The molecule has 0 atom stereocenters. The SMILES string of the molecule is CN(C)c1ccc(CN(C)S(=O)(=O)c2ccc(C(=O)O)cc2F)cc1. The summed E-state index contributed by atoms with van der Waals surface area (Å²) in [6.07, 6.45) is 0. The van der Waals surface area contributed by atoms with Crippen LogP contribution in [0.25, 0.3) is 0 Å². The molecule has 0 amide bonds. The Morgan fingerprint density at radius 3 is 2.16 bits per heavy atom. The first kappa shape index (κ1) is 18.9. The molecule has 0 saturated carbocycles. The molecule has 0 bridgehead atoms. The molecule has 2 rings (SSSR count). The van der Waals surface area contributed by atoms with Gasteiger partial charge in [-0.1, -0.05) is 12.1 Å². The molecule has 0 saturated heterocycles. The van der Waals surface area contributed by atoms with E-state index in [4.69, 9.17) is 5.11 Å². The summed E-state index contributed by atoms with van der Waals surface area (Å²) < 4.78 is 40.2. The Morgan fingerprint density at radius 1 is 1.08 bits per heavy atom. The van der Waals surface area contributed by atoms with Gasteiger partial charge in [-0.2, -0.15) is 4.31 Å². The van der Waals surface area contributed by atoms with Crippen LogP contribution in [0.1, 0.15) is 15.9 Å². The summed E-state index contributed by atoms with van der Waals surface area (Å²) >= 11 is 0. The lowest BCUT2D eigenvalue weighted by atomic mass is 10.2. The molecule has 0 unspecified atom stereocenters. The zero-order chi connectivity index (χ0) is 18.8. The Morgan fingerprint density at radius 2 is 1.68 bits per heavy atom. The number of hydrogen-bond acceptors (Lipinski definition) is 4. The molecule has 1 N–H and O–H groups in total. The number of carboxylic acids is 1. The Hall–Kier alpha value is -2.45. The number of hydrogen-bond donors (Lipinski definition) is 1. The van der Waals surface area contributed by atoms with E-state index in [1.807, 2.05) is 31.1 Å². The predicted octanol–water partition coefficient (Wildman–Crippen LogP) is 2.41. The third-order valence-corrected chi connectivity index (χ3v) is 5.56. The summed E-state index contributed by atoms with van der Waals surface area (Å²) in [4.78, 5) is 12.2. The van der Waals surface area contributed by atoms with Crippen LogP contribution in [0.15, 0.2) is 47.4 Å². The van der Waals surface area contributed by atoms with Crippen LogP contribution in [0, 0.1) is 5.82 Å². The van der Waals surface area contributed by atoms with Gasteiger partial charge < -0.3 is 10.0 Å². The molecule has 8 heteroatoms. The Labute approximate surface area is 146 Å². The highest BCUT2D eigenvalue weighted by Gasteiger charge is 2.25. The molecular formula is C17H19FN2O4S. The zero-order valence-electron chi connectivity index (χ0n) is 14.1. The number of rotatable bonds is 6. The monoisotopic (exact) mass is 366 g/mol. The number of anilines is 1. The van der Waals surface area contributed by atoms with Crippen molar-refractivity contribution < 1.29 is 22.7 Å². The van der Waals surface area contributed by atoms with Gasteiger partial charge in [-0.15, -0.1) is 0 Å². The molecule has 0 aliphatic rings. The van der Waals surface area contributed by atoms with Crippen molar-refractivity contribution in [1.82, 2.24) is 4.31 Å². The predicted molar refractivity (Wildman–Crippen MR) is 92.8 cm³/mol. The van der Waals surface area contributed by atoms with Crippen LogP contribution in [-0.2, 0) is 16.6 Å². The van der Waals surface area contributed by atoms with Crippen molar-refractivity contribution >= 4 is 21.7 Å². The van der Waals surface area contributed by atoms with E-state index >= 15 is 0 Å². The van der Waals surface area contributed by atoms with Gasteiger partial charge in [0.05, 0.1) is 5.56 Å². The number of nitrogens with zero attached hydrogens (tertiary/aromatic N) is 2. The first-order chi connectivity index (χ1) is 11.6. The second kappa shape index (κ2) is 7.20. The van der Waals surface area contributed by atoms with E-state index in [9.17, 15) is 17.6 Å². The average Bonchev–Trinajstić information content (AvgIpc) is 2.54. The Bertz CT molecular complexity index is 880. The van der Waals surface area contributed by atoms with E-state index in [0.29, 0.717) is 6.07 Å². The van der Waals surface area contributed by atoms with E-state index in [-0.39, 0.29) is 12.1 Å². The standard InChI is InChI=1S/C17H19FN2O4S/c1-19(2)14-7-4-12(5-8-14)11-20(3)25(23,24)16-9-6-13(17(21)22)10-15(16)18/h4-10H,11H2,1-3H3,(H,21,22). The van der Waals surface area contributed by atoms with Crippen molar-refractivity contribution in [2.75, 3.05) is 26.0 Å². The highest BCUT2D eigenvalue weighted by Crippen LogP contribution is 2.22. The minimum atomic E-state index is -4.08. The summed E-state index contributed by atoms with van der Waals surface area (Å²) in [5.41, 5.74) is 1.42. The summed E-state index contributed by atoms with van der Waals surface area (Å²) in [6, 6.07) is 10.1. The minimum absolute atomic E-state index is 0.0656. The molecule has 2 aromatic carbocycles. The fourth-order valence-electron chi connectivity index (χ4n) is 2.25. The topological polar surface area (TPSA) is 77.9 Å². The number of benzene rings is 2. The van der Waals surface area contributed by atoms with Crippen molar-refractivity contribution in [3.63, 3.8) is 0 Å². The molecule has 0 spiro atoms. The van der Waals surface area contributed by atoms with E-state index in [1.165, 1.54) is 7.05 Å². The highest BCUT2D eigenvalue weighted by atomic mass is 32.2. The van der Waals surface area contributed by atoms with Crippen molar-refractivity contribution in [1.29, 1.82) is 0 Å². The number of halogens is 1. The van der Waals surface area contributed by atoms with E-state index < -0.39 is 26.7 Å². The molecule has 134 valence electrons. The van der Waals surface area contributed by atoms with Crippen LogP contribution in [0.3, 0.4) is 0 Å². The maximum absolute atomic E-state index is 14.1. The quantitative estimate of drug-likeness (QED) is 0.849. The number of aromatic carboxylic acids is 1. The lowest BCUT2D eigenvalue weighted by Crippen LogP contribution is -2.27. The first-order valence-electron chi connectivity index (χ1n) is 7.38. The van der Waals surface area contributed by atoms with Gasteiger partial charge in [-0.25, -0.2) is 17.6 Å². The van der Waals surface area contributed by atoms with E-state index in [0.717, 1.165) is 27.7 Å². The molecule has 0 fully saturated rings. The maximum atomic E-state index is 14.1. The van der Waals surface area contributed by atoms with Crippen LogP contribution in [0.5, 0.6) is 0 Å². The molecule has 0 heterocycles. The van der Waals surface area contributed by atoms with Crippen LogP contribution < -0.4 is 4.90 Å². The van der Waals surface area contributed by atoms with Gasteiger partial charge >= 0.3 is 5.97 Å². The van der Waals surface area contributed by atoms with E-state index in [2.05, 4.69) is 0 Å². The van der Waals surface area contributed by atoms with Crippen LogP contribution in [0.4, 0.5) is 10.1 Å². The van der Waals surface area contributed by atoms with Gasteiger partial charge in [-0.3, -0.25) is 0 Å². The minimum Gasteiger partial charge on any atom is -0.478 e. The smallest absolute Gasteiger partial charge is 0.335 e. The molecular weight excluding hydrogens is 347 g/mol. The average molecular weight is 366 g/mol. The molecule has 0 aliphatic carbocycles. The third-order valence-electron chi connectivity index (χ3n) is 3.73. The molecule has 0 aromatic heterocycles. The van der Waals surface area contributed by atoms with Crippen LogP contribution >= 0.6 is 0 Å². The fourth-order valence-corrected chi connectivity index (χ4v) is 3.45. The summed E-state index contributed by atoms with van der Waals surface area (Å²) in [5, 5.41) is 8.84. The molecule has 0 aliphatic heterocycles. The first-order valence-corrected chi connectivity index (χ1v) is 8.82.